The van der Waals surface area contributed by atoms with Gasteiger partial charge in [0.15, 0.2) is 0 Å². The number of ether oxygens (including phenoxy) is 1. The van der Waals surface area contributed by atoms with Gasteiger partial charge in [-0.3, -0.25) is 33.6 Å². The molecule has 0 radical (unpaired) electrons. The maximum Gasteiger partial charge on any atom is 0.418 e. The van der Waals surface area contributed by atoms with Gasteiger partial charge < -0.3 is 24.0 Å². The van der Waals surface area contributed by atoms with Crippen molar-refractivity contribution in [3.05, 3.63) is 111 Å². The molecule has 6 aliphatic heterocycles. The number of aromatic nitrogens is 5. The molecule has 11 rings (SSSR count). The number of imidazole rings is 1. The minimum absolute atomic E-state index is 0.137. The summed E-state index contributed by atoms with van der Waals surface area (Å²) in [7, 11) is 1.88. The molecule has 1 N–H and O–H groups in total. The normalized spacial score (nSPS) is 22.1. The van der Waals surface area contributed by atoms with Gasteiger partial charge in [0.1, 0.15) is 18.2 Å². The van der Waals surface area contributed by atoms with Gasteiger partial charge in [-0.25, -0.2) is 4.79 Å². The molecule has 71 heavy (non-hydrogen) atoms. The Labute approximate surface area is 410 Å². The summed E-state index contributed by atoms with van der Waals surface area (Å²) in [6.07, 6.45) is 10.3. The minimum atomic E-state index is -4.64. The predicted octanol–water partition coefficient (Wildman–Crippen LogP) is 6.13. The number of hydrogen-bond acceptors (Lipinski definition) is 10. The molecule has 9 heterocycles. The standard InChI is InChI=1S/C53H63F3N10O5/c1-60-34-57-59-47(60)27-52(32-71-33-52)40-3-2-4-42(26-40)64-31-46-44(53(54,55)56)24-38(29-66(46)51(64)70)28-62-19-10-35(11-20-62)9-16-61-17-12-36(13-18-61)23-37-14-21-63(22-15-37)41-5-6-43-39(25-41)30-65(50(43)69)45-7-8-48(67)58-49(45)68/h2-6,24-26,29,31,34-37,45H,7-23,27-28,30,32-33H2,1H3,(H,58,67,68)/t45-/m1/s1. The van der Waals surface area contributed by atoms with Crippen LogP contribution in [0.1, 0.15) is 103 Å². The van der Waals surface area contributed by atoms with E-state index in [1.165, 1.54) is 36.1 Å². The van der Waals surface area contributed by atoms with Crippen LogP contribution in [0.5, 0.6) is 0 Å². The Kier molecular flexibility index (Phi) is 12.9. The quantitative estimate of drug-likeness (QED) is 0.137. The van der Waals surface area contributed by atoms with Crippen LogP contribution in [0, 0.1) is 17.8 Å². The van der Waals surface area contributed by atoms with Crippen LogP contribution >= 0.6 is 0 Å². The average molecular weight is 977 g/mol. The van der Waals surface area contributed by atoms with E-state index in [1.54, 1.807) is 23.5 Å². The third kappa shape index (κ3) is 9.66. The van der Waals surface area contributed by atoms with Gasteiger partial charge in [0.25, 0.3) is 5.91 Å². The van der Waals surface area contributed by atoms with Crippen LogP contribution in [0.15, 0.2) is 72.0 Å². The first-order valence-electron chi connectivity index (χ1n) is 25.6. The van der Waals surface area contributed by atoms with E-state index in [9.17, 15) is 32.3 Å². The van der Waals surface area contributed by atoms with Gasteiger partial charge in [0.05, 0.1) is 30.0 Å². The fraction of sp³-hybridized carbons (Fsp3) is 0.547. The third-order valence-corrected chi connectivity index (χ3v) is 16.8. The Morgan fingerprint density at radius 3 is 2.24 bits per heavy atom. The zero-order chi connectivity index (χ0) is 49.0. The van der Waals surface area contributed by atoms with Gasteiger partial charge in [-0.05, 0) is 161 Å². The van der Waals surface area contributed by atoms with Gasteiger partial charge in [-0.15, -0.1) is 10.2 Å². The Morgan fingerprint density at radius 2 is 1.55 bits per heavy atom. The summed E-state index contributed by atoms with van der Waals surface area (Å²) in [4.78, 5) is 60.2. The molecule has 6 aliphatic rings. The van der Waals surface area contributed by atoms with Crippen molar-refractivity contribution in [2.75, 3.05) is 63.9 Å². The fourth-order valence-electron chi connectivity index (χ4n) is 12.4. The van der Waals surface area contributed by atoms with Crippen LogP contribution in [0.4, 0.5) is 18.9 Å². The van der Waals surface area contributed by atoms with Gasteiger partial charge >= 0.3 is 11.9 Å². The van der Waals surface area contributed by atoms with Crippen molar-refractivity contribution in [2.24, 2.45) is 24.8 Å². The smallest absolute Gasteiger partial charge is 0.379 e. The second kappa shape index (κ2) is 19.3. The van der Waals surface area contributed by atoms with E-state index < -0.39 is 23.5 Å². The number of imide groups is 1. The van der Waals surface area contributed by atoms with Crippen LogP contribution < -0.4 is 15.9 Å². The largest absolute Gasteiger partial charge is 0.418 e. The van der Waals surface area contributed by atoms with Gasteiger partial charge in [-0.1, -0.05) is 12.1 Å². The number of amides is 3. The number of rotatable bonds is 13. The molecule has 18 heteroatoms. The molecule has 0 aliphatic carbocycles. The number of nitrogens with zero attached hydrogens (tertiary/aromatic N) is 9. The number of benzene rings is 2. The van der Waals surface area contributed by atoms with E-state index in [0.717, 1.165) is 111 Å². The Bertz CT molecular complexity index is 2860. The molecular weight excluding hydrogens is 914 g/mol. The zero-order valence-corrected chi connectivity index (χ0v) is 40.4. The molecule has 0 unspecified atom stereocenters. The van der Waals surface area contributed by atoms with E-state index in [1.807, 2.05) is 41.9 Å². The van der Waals surface area contributed by atoms with Crippen molar-refractivity contribution in [3.8, 4) is 5.69 Å². The average Bonchev–Trinajstić information content (AvgIpc) is 4.02. The second-order valence-corrected chi connectivity index (χ2v) is 21.4. The summed E-state index contributed by atoms with van der Waals surface area (Å²) < 4.78 is 54.1. The van der Waals surface area contributed by atoms with Crippen molar-refractivity contribution in [1.29, 1.82) is 0 Å². The highest BCUT2D eigenvalue weighted by Crippen LogP contribution is 2.39. The molecule has 2 aromatic carbocycles. The molecule has 0 saturated carbocycles. The van der Waals surface area contributed by atoms with Gasteiger partial charge in [-0.2, -0.15) is 13.2 Å². The number of likely N-dealkylation sites (tertiary alicyclic amines) is 2. The van der Waals surface area contributed by atoms with Crippen LogP contribution in [0.25, 0.3) is 11.2 Å². The first kappa shape index (κ1) is 47.5. The number of hydrogen-bond donors (Lipinski definition) is 1. The first-order valence-corrected chi connectivity index (χ1v) is 25.6. The number of alkyl halides is 3. The van der Waals surface area contributed by atoms with Crippen molar-refractivity contribution >= 4 is 28.9 Å². The molecule has 3 amide bonds. The molecule has 5 aromatic rings. The Balaban J connectivity index is 0.634. The Morgan fingerprint density at radius 1 is 0.817 bits per heavy atom. The van der Waals surface area contributed by atoms with E-state index >= 15 is 0 Å². The van der Waals surface area contributed by atoms with Crippen molar-refractivity contribution in [1.82, 2.24) is 43.7 Å². The van der Waals surface area contributed by atoms with Gasteiger partial charge in [0, 0.05) is 75.1 Å². The zero-order valence-electron chi connectivity index (χ0n) is 40.4. The lowest BCUT2D eigenvalue weighted by molar-refractivity contribution is -0.137. The van der Waals surface area contributed by atoms with Crippen LogP contribution in [-0.2, 0) is 52.5 Å². The summed E-state index contributed by atoms with van der Waals surface area (Å²) in [5, 5.41) is 10.6. The van der Waals surface area contributed by atoms with E-state index in [0.29, 0.717) is 67.8 Å². The van der Waals surface area contributed by atoms with Crippen molar-refractivity contribution in [3.63, 3.8) is 0 Å². The number of nitrogens with one attached hydrogen (secondary N) is 1. The number of aryl methyl sites for hydroxylation is 1. The summed E-state index contributed by atoms with van der Waals surface area (Å²) in [6, 6.07) is 14.1. The molecular formula is C53H63F3N10O5. The maximum atomic E-state index is 14.7. The Hall–Kier alpha value is -5.85. The highest BCUT2D eigenvalue weighted by atomic mass is 19.4. The number of fused-ring (bicyclic) bond motifs is 2. The molecule has 0 bridgehead atoms. The van der Waals surface area contributed by atoms with E-state index in [4.69, 9.17) is 4.74 Å². The summed E-state index contributed by atoms with van der Waals surface area (Å²) >= 11 is 0. The predicted molar refractivity (Wildman–Crippen MR) is 259 cm³/mol. The van der Waals surface area contributed by atoms with Crippen molar-refractivity contribution in [2.45, 2.75) is 101 Å². The molecule has 376 valence electrons. The molecule has 5 saturated heterocycles. The molecule has 1 atom stereocenters. The lowest BCUT2D eigenvalue weighted by Gasteiger charge is -2.41. The SMILES string of the molecule is Cn1cnnc1CC1(c2cccc(-n3cc4c(C(F)(F)F)cc(CN5CCC(CCN6CCC(CC7CCN(c8ccc9c(c8)CN([C@@H]8CCC(=O)NC8=O)C9=O)CC7)CC6)CC5)cn4c3=O)c2)COC1. The highest BCUT2D eigenvalue weighted by Gasteiger charge is 2.43. The fourth-order valence-corrected chi connectivity index (χ4v) is 12.4. The number of carbonyl (C=O) groups is 3. The number of halogens is 3. The third-order valence-electron chi connectivity index (χ3n) is 16.8. The topological polar surface area (TPSA) is 143 Å². The van der Waals surface area contributed by atoms with Crippen molar-refractivity contribution < 1.29 is 32.3 Å². The monoisotopic (exact) mass is 976 g/mol. The van der Waals surface area contributed by atoms with E-state index in [2.05, 4.69) is 36.3 Å². The number of anilines is 1. The lowest BCUT2D eigenvalue weighted by atomic mass is 9.75. The van der Waals surface area contributed by atoms with Gasteiger partial charge in [0.2, 0.25) is 11.8 Å². The summed E-state index contributed by atoms with van der Waals surface area (Å²) in [5.41, 5.74) is 2.71. The number of carbonyl (C=O) groups excluding carboxylic acids is 3. The number of piperidine rings is 4. The highest BCUT2D eigenvalue weighted by molar-refractivity contribution is 6.05. The minimum Gasteiger partial charge on any atom is -0.379 e. The summed E-state index contributed by atoms with van der Waals surface area (Å²) in [5.74, 6) is 2.03. The molecule has 0 spiro atoms. The lowest BCUT2D eigenvalue weighted by Crippen LogP contribution is -2.52. The first-order chi connectivity index (χ1) is 34.3. The van der Waals surface area contributed by atoms with Crippen LogP contribution in [-0.4, -0.2) is 121 Å². The molecule has 15 nitrogen and oxygen atoms in total. The van der Waals surface area contributed by atoms with Crippen LogP contribution in [0.2, 0.25) is 0 Å². The summed E-state index contributed by atoms with van der Waals surface area (Å²) in [6.45, 7) is 8.59. The second-order valence-electron chi connectivity index (χ2n) is 21.4. The van der Waals surface area contributed by atoms with Crippen LogP contribution in [0.3, 0.4) is 0 Å². The molecule has 3 aromatic heterocycles. The maximum absolute atomic E-state index is 14.7. The number of pyridine rings is 1. The molecule has 5 fully saturated rings. The van der Waals surface area contributed by atoms with E-state index in [-0.39, 0.29) is 35.1 Å².